The average Bonchev–Trinajstić information content (AvgIpc) is 0.769. The molecule has 117 heavy (non-hydrogen) atoms. The van der Waals surface area contributed by atoms with Gasteiger partial charge in [-0.15, -0.1) is 0 Å². The van der Waals surface area contributed by atoms with Crippen LogP contribution in [-0.2, 0) is 99.6 Å². The van der Waals surface area contributed by atoms with Gasteiger partial charge in [0.05, 0.1) is 66.1 Å². The number of amides is 2. The summed E-state index contributed by atoms with van der Waals surface area (Å²) in [4.78, 5) is 25.2. The molecule has 0 aromatic heterocycles. The number of hydrogen-bond donors (Lipinski definition) is 32. The molecule has 10 rings (SSSR count). The lowest BCUT2D eigenvalue weighted by Gasteiger charge is -2.51. The minimum absolute atomic E-state index is 0.802. The summed E-state index contributed by atoms with van der Waals surface area (Å²) in [6.45, 7) is -9.35. The maximum atomic E-state index is 13.0. The molecule has 53 nitrogen and oxygen atoms in total. The maximum Gasteiger partial charge on any atom is 0.217 e. The van der Waals surface area contributed by atoms with E-state index in [0.717, 1.165) is 13.8 Å². The third-order valence-corrected chi connectivity index (χ3v) is 21.7. The summed E-state index contributed by atoms with van der Waals surface area (Å²) in [5.74, 6) is -1.77. The first-order valence-electron chi connectivity index (χ1n) is 37.2. The van der Waals surface area contributed by atoms with E-state index in [0.29, 0.717) is 0 Å². The summed E-state index contributed by atoms with van der Waals surface area (Å²) in [7, 11) is 0. The molecule has 10 heterocycles. The van der Waals surface area contributed by atoms with Crippen LogP contribution in [0.2, 0.25) is 0 Å². The normalized spacial score (nSPS) is 51.5. The first-order valence-corrected chi connectivity index (χ1v) is 37.2. The minimum Gasteiger partial charge on any atom is -0.394 e. The number of nitrogens with one attached hydrogen (secondary N) is 2. The summed E-state index contributed by atoms with van der Waals surface area (Å²) >= 11 is 0. The molecule has 10 saturated heterocycles. The van der Waals surface area contributed by atoms with Crippen molar-refractivity contribution < 1.29 is 253 Å². The number of aliphatic hydroxyl groups is 30. The van der Waals surface area contributed by atoms with E-state index in [1.54, 1.807) is 0 Å². The van der Waals surface area contributed by atoms with Crippen LogP contribution in [0.15, 0.2) is 0 Å². The van der Waals surface area contributed by atoms with Crippen LogP contribution in [-0.4, -0.2) is 538 Å². The Kier molecular flexibility index (Phi) is 34.4. The highest BCUT2D eigenvalue weighted by Crippen LogP contribution is 2.40. The van der Waals surface area contributed by atoms with Crippen molar-refractivity contribution in [3.8, 4) is 0 Å². The van der Waals surface area contributed by atoms with Crippen LogP contribution in [0.5, 0.6) is 0 Å². The van der Waals surface area contributed by atoms with Gasteiger partial charge in [-0.1, -0.05) is 0 Å². The quantitative estimate of drug-likeness (QED) is 0.0318. The zero-order valence-corrected chi connectivity index (χ0v) is 61.9. The minimum atomic E-state index is -2.60. The Hall–Kier alpha value is -3.02. The predicted molar refractivity (Wildman–Crippen MR) is 353 cm³/mol. The second-order valence-electron chi connectivity index (χ2n) is 29.5. The van der Waals surface area contributed by atoms with Crippen molar-refractivity contribution in [2.75, 3.05) is 66.1 Å². The molecule has 0 unspecified atom stereocenters. The SMILES string of the molecule is CC(=O)N[C@@H]1[C@@H](O)[C@H](O[C@@H]2O[C@H](CO)[C@@H](O[C@@H]3O[C@H](CO[C@H]4O[C@H](CO[C@H]5O[C@H](CO)[C@@H](O)[C@H](O)[C@@H]5O[C@H]5O[C@H](CO)[C@@H](O)[C@H](O)[C@@H]5O)[C@@H](O)[C@H](O[C@H]5O[C@H](CO)[C@@H](O)[C@H](O)[C@@H]5O[C@H]5O[C@H](CO)[C@@H](O)[C@H](O)[C@@H]5O)[C@@H]4O)[C@@H](O)[C@H](O[C@H]4O[C@H](CO)[C@@H](O)[C@H](O)[C@@H]4O[C@H]4O[C@H](CO)[C@@H](O)[C@H](O)[C@@H]4O)[C@@H]3O)[C@H](O)[C@H]2NC(C)=O)[C@@H](CO)O[C@H]1O. The molecule has 680 valence electrons. The highest BCUT2D eigenvalue weighted by Gasteiger charge is 2.61. The highest BCUT2D eigenvalue weighted by molar-refractivity contribution is 5.73. The third-order valence-electron chi connectivity index (χ3n) is 21.7. The van der Waals surface area contributed by atoms with Gasteiger partial charge >= 0.3 is 0 Å². The van der Waals surface area contributed by atoms with Crippen molar-refractivity contribution in [3.05, 3.63) is 0 Å². The Balaban J connectivity index is 1.01. The molecular formula is C64H108N2O51. The van der Waals surface area contributed by atoms with Crippen LogP contribution in [0.1, 0.15) is 13.8 Å². The Morgan fingerprint density at radius 2 is 0.470 bits per heavy atom. The predicted octanol–water partition coefficient (Wildman–Crippen LogP) is -22.5. The fraction of sp³-hybridized carbons (Fsp3) is 0.969. The fourth-order valence-corrected chi connectivity index (χ4v) is 15.0. The molecule has 0 saturated carbocycles. The molecule has 2 amide bonds. The van der Waals surface area contributed by atoms with Gasteiger partial charge in [0, 0.05) is 13.8 Å². The van der Waals surface area contributed by atoms with Crippen molar-refractivity contribution in [2.24, 2.45) is 0 Å². The average molecular weight is 1720 g/mol. The van der Waals surface area contributed by atoms with E-state index in [4.69, 9.17) is 90.0 Å². The van der Waals surface area contributed by atoms with Crippen LogP contribution in [0, 0.1) is 0 Å². The van der Waals surface area contributed by atoms with Gasteiger partial charge in [-0.05, 0) is 0 Å². The van der Waals surface area contributed by atoms with Crippen LogP contribution in [0.4, 0.5) is 0 Å². The second-order valence-corrected chi connectivity index (χ2v) is 29.5. The standard InChI is InChI=1S/C64H108N2O51/c1-13(75)65-25-35(85)48(21(9-73)101-55(25)98)111-56-26(66-14(2)76)36(86)49(22(10-74)108-56)112-61-47(97)51(114-64-54(42(92)32(82)20(8-72)107-64)117-60-45(95)39(89)29(79)17(5-69)104-60)34(84)24(110-61)11-99-57-46(96)50(113-63-53(41(91)31(81)19(7-71)106-63)116-59-44(94)38(88)28(78)16(4-68)103-59)33(83)23(109-57)12-100-62-52(40(90)30(80)18(6-70)105-62)115-58-43(93)37(87)27(77)15(3-67)102-58/h15-64,67-74,77-98H,3-12H2,1-2H3,(H,65,75)(H,66,76)/t15-,16-,17-,18-,19-,20-,21-,22-,23-,24-,25-,26-,27-,28-,29-,30-,31-,32-,33-,34-,35-,36-,37+,38+,39+,40+,41+,42+,43+,44+,45+,46+,47+,48-,49-,50+,51+,52+,53+,54+,55-,56+,57+,58-,59-,60-,61+,62+,63-,64-/m1/s1. The summed E-state index contributed by atoms with van der Waals surface area (Å²) in [5, 5.41) is 337. The zero-order chi connectivity index (χ0) is 85.9. The maximum absolute atomic E-state index is 13.0. The lowest BCUT2D eigenvalue weighted by atomic mass is 9.94. The molecule has 0 aromatic carbocycles. The van der Waals surface area contributed by atoms with Crippen LogP contribution in [0.3, 0.4) is 0 Å². The van der Waals surface area contributed by atoms with E-state index >= 15 is 0 Å². The number of rotatable bonds is 30. The molecule has 0 spiro atoms. The van der Waals surface area contributed by atoms with Gasteiger partial charge in [-0.25, -0.2) is 0 Å². The zero-order valence-electron chi connectivity index (χ0n) is 61.9. The number of ether oxygens (including phenoxy) is 19. The van der Waals surface area contributed by atoms with Crippen molar-refractivity contribution in [1.29, 1.82) is 0 Å². The van der Waals surface area contributed by atoms with Gasteiger partial charge < -0.3 is 254 Å². The van der Waals surface area contributed by atoms with Crippen LogP contribution >= 0.6 is 0 Å². The third kappa shape index (κ3) is 20.7. The number of carbonyl (C=O) groups excluding carboxylic acids is 2. The lowest BCUT2D eigenvalue weighted by Crippen LogP contribution is -2.70. The van der Waals surface area contributed by atoms with Crippen molar-refractivity contribution in [3.63, 3.8) is 0 Å². The lowest BCUT2D eigenvalue weighted by molar-refractivity contribution is -0.401. The highest BCUT2D eigenvalue weighted by atomic mass is 16.8. The number of carbonyl (C=O) groups is 2. The van der Waals surface area contributed by atoms with Gasteiger partial charge in [0.2, 0.25) is 11.8 Å². The molecule has 0 bridgehead atoms. The van der Waals surface area contributed by atoms with Gasteiger partial charge in [0.1, 0.15) is 244 Å². The molecule has 50 atom stereocenters. The Labute approximate surface area is 660 Å². The smallest absolute Gasteiger partial charge is 0.217 e. The van der Waals surface area contributed by atoms with Gasteiger partial charge in [0.15, 0.2) is 62.9 Å². The molecular weight excluding hydrogens is 1610 g/mol. The molecule has 10 aliphatic rings. The Morgan fingerprint density at radius 1 is 0.222 bits per heavy atom. The van der Waals surface area contributed by atoms with Gasteiger partial charge in [-0.3, -0.25) is 9.59 Å². The van der Waals surface area contributed by atoms with Crippen molar-refractivity contribution >= 4 is 11.8 Å². The molecule has 0 aliphatic carbocycles. The number of aliphatic hydroxyl groups excluding tert-OH is 30. The first-order chi connectivity index (χ1) is 55.4. The van der Waals surface area contributed by atoms with Gasteiger partial charge in [0.25, 0.3) is 0 Å². The van der Waals surface area contributed by atoms with E-state index in [2.05, 4.69) is 10.6 Å². The first kappa shape index (κ1) is 96.2. The molecule has 53 heteroatoms. The summed E-state index contributed by atoms with van der Waals surface area (Å²) in [6, 6.07) is -3.62. The fourth-order valence-electron chi connectivity index (χ4n) is 15.0. The largest absolute Gasteiger partial charge is 0.394 e. The molecule has 0 radical (unpaired) electrons. The Bertz CT molecular complexity index is 3050. The summed E-state index contributed by atoms with van der Waals surface area (Å²) in [6.07, 6.45) is -104. The van der Waals surface area contributed by atoms with E-state index in [9.17, 15) is 163 Å². The monoisotopic (exact) mass is 1720 g/mol. The number of hydrogen-bond acceptors (Lipinski definition) is 51. The molecule has 10 aliphatic heterocycles. The topological polar surface area (TPSA) is 840 Å². The summed E-state index contributed by atoms with van der Waals surface area (Å²) < 4.78 is 111. The summed E-state index contributed by atoms with van der Waals surface area (Å²) in [5.41, 5.74) is 0. The van der Waals surface area contributed by atoms with Gasteiger partial charge in [-0.2, -0.15) is 0 Å². The van der Waals surface area contributed by atoms with Crippen molar-refractivity contribution in [2.45, 2.75) is 321 Å². The van der Waals surface area contributed by atoms with Crippen molar-refractivity contribution in [1.82, 2.24) is 10.6 Å². The van der Waals surface area contributed by atoms with E-state index in [1.807, 2.05) is 0 Å². The van der Waals surface area contributed by atoms with E-state index < -0.39 is 385 Å². The molecule has 32 N–H and O–H groups in total. The van der Waals surface area contributed by atoms with Crippen LogP contribution in [0.25, 0.3) is 0 Å². The van der Waals surface area contributed by atoms with E-state index in [1.165, 1.54) is 0 Å². The second kappa shape index (κ2) is 41.9. The van der Waals surface area contributed by atoms with Crippen LogP contribution < -0.4 is 10.6 Å². The molecule has 10 fully saturated rings. The van der Waals surface area contributed by atoms with E-state index in [-0.39, 0.29) is 0 Å². The molecule has 0 aromatic rings. The Morgan fingerprint density at radius 3 is 0.838 bits per heavy atom.